The first-order valence-electron chi connectivity index (χ1n) is 8.15. The minimum Gasteiger partial charge on any atom is -0.364 e. The summed E-state index contributed by atoms with van der Waals surface area (Å²) >= 11 is 3.44. The van der Waals surface area contributed by atoms with Crippen molar-refractivity contribution in [3.8, 4) is 0 Å². The second kappa shape index (κ2) is 7.31. The van der Waals surface area contributed by atoms with Crippen LogP contribution < -0.4 is 0 Å². The predicted octanol–water partition coefficient (Wildman–Crippen LogP) is 4.59. The molecule has 4 nitrogen and oxygen atoms in total. The van der Waals surface area contributed by atoms with Gasteiger partial charge in [-0.05, 0) is 43.0 Å². The van der Waals surface area contributed by atoms with Gasteiger partial charge in [-0.1, -0.05) is 34.9 Å². The maximum Gasteiger partial charge on any atom is 0.198 e. The molecule has 0 radical (unpaired) electrons. The van der Waals surface area contributed by atoms with Gasteiger partial charge in [-0.3, -0.25) is 9.00 Å². The highest BCUT2D eigenvalue weighted by molar-refractivity contribution is 9.10. The Morgan fingerprint density at radius 3 is 2.83 bits per heavy atom. The molecule has 2 unspecified atom stereocenters. The number of carbonyl (C=O) groups is 1. The summed E-state index contributed by atoms with van der Waals surface area (Å²) in [5, 5.41) is 4.11. The first kappa shape index (κ1) is 17.5. The summed E-state index contributed by atoms with van der Waals surface area (Å²) in [7, 11) is -1.01. The molecule has 1 aromatic carbocycles. The summed E-state index contributed by atoms with van der Waals surface area (Å²) in [6.07, 6.45) is 4.39. The fraction of sp³-hybridized carbons (Fsp3) is 0.444. The maximum atomic E-state index is 13.0. The molecule has 1 heterocycles. The van der Waals surface area contributed by atoms with Gasteiger partial charge in [0.25, 0.3) is 0 Å². The van der Waals surface area contributed by atoms with Crippen molar-refractivity contribution < 1.29 is 13.5 Å². The summed E-state index contributed by atoms with van der Waals surface area (Å²) in [4.78, 5) is 13.0. The van der Waals surface area contributed by atoms with Gasteiger partial charge in [0.15, 0.2) is 5.78 Å². The van der Waals surface area contributed by atoms with Gasteiger partial charge in [0, 0.05) is 37.8 Å². The zero-order valence-corrected chi connectivity index (χ0v) is 16.2. The number of ketones is 1. The molecule has 6 heteroatoms. The molecule has 1 aliphatic rings. The Morgan fingerprint density at radius 1 is 1.42 bits per heavy atom. The number of halogens is 1. The molecular weight excluding hydrogens is 390 g/mol. The second-order valence-corrected chi connectivity index (χ2v) is 9.03. The van der Waals surface area contributed by atoms with Gasteiger partial charge >= 0.3 is 0 Å². The van der Waals surface area contributed by atoms with Gasteiger partial charge in [0.05, 0.1) is 11.3 Å². The van der Waals surface area contributed by atoms with Crippen LogP contribution in [0.4, 0.5) is 0 Å². The van der Waals surface area contributed by atoms with Crippen molar-refractivity contribution in [2.45, 2.75) is 50.0 Å². The predicted molar refractivity (Wildman–Crippen MR) is 97.7 cm³/mol. The Morgan fingerprint density at radius 2 is 2.17 bits per heavy atom. The molecule has 0 bridgehead atoms. The number of carbonyl (C=O) groups excluding carboxylic acids is 1. The lowest BCUT2D eigenvalue weighted by Gasteiger charge is -2.12. The topological polar surface area (TPSA) is 60.2 Å². The van der Waals surface area contributed by atoms with E-state index < -0.39 is 10.8 Å². The average Bonchev–Trinajstić information content (AvgIpc) is 3.30. The molecule has 1 aromatic heterocycles. The largest absolute Gasteiger partial charge is 0.364 e. The number of hydrogen-bond acceptors (Lipinski definition) is 4. The lowest BCUT2D eigenvalue weighted by Crippen LogP contribution is -2.14. The molecule has 0 amide bonds. The van der Waals surface area contributed by atoms with Gasteiger partial charge in [0.2, 0.25) is 0 Å². The van der Waals surface area contributed by atoms with E-state index in [-0.39, 0.29) is 11.0 Å². The Balaban J connectivity index is 1.93. The van der Waals surface area contributed by atoms with E-state index in [4.69, 9.17) is 4.52 Å². The van der Waals surface area contributed by atoms with E-state index in [1.807, 2.05) is 26.0 Å². The molecule has 2 aromatic rings. The summed E-state index contributed by atoms with van der Waals surface area (Å²) in [5.74, 6) is 0.622. The van der Waals surface area contributed by atoms with Crippen LogP contribution in [-0.2, 0) is 16.6 Å². The molecule has 3 rings (SSSR count). The highest BCUT2D eigenvalue weighted by atomic mass is 79.9. The van der Waals surface area contributed by atoms with E-state index in [0.29, 0.717) is 22.8 Å². The molecular formula is C18H20BrNO3S. The maximum absolute atomic E-state index is 13.0. The number of benzene rings is 1. The molecule has 0 saturated heterocycles. The van der Waals surface area contributed by atoms with Gasteiger partial charge in [-0.2, -0.15) is 0 Å². The van der Waals surface area contributed by atoms with E-state index in [0.717, 1.165) is 35.0 Å². The molecule has 128 valence electrons. The van der Waals surface area contributed by atoms with E-state index in [1.54, 1.807) is 6.07 Å². The van der Waals surface area contributed by atoms with Crippen LogP contribution in [0, 0.1) is 0 Å². The molecule has 24 heavy (non-hydrogen) atoms. The lowest BCUT2D eigenvalue weighted by molar-refractivity contribution is 0.103. The van der Waals surface area contributed by atoms with Gasteiger partial charge in [-0.15, -0.1) is 0 Å². The lowest BCUT2D eigenvalue weighted by atomic mass is 9.98. The summed E-state index contributed by atoms with van der Waals surface area (Å²) in [5.41, 5.74) is 2.68. The van der Waals surface area contributed by atoms with Crippen molar-refractivity contribution in [3.05, 3.63) is 51.3 Å². The third-order valence-electron chi connectivity index (χ3n) is 4.44. The van der Waals surface area contributed by atoms with Gasteiger partial charge < -0.3 is 4.52 Å². The number of aromatic nitrogens is 1. The number of rotatable bonds is 7. The molecule has 0 aliphatic heterocycles. The van der Waals surface area contributed by atoms with Crippen LogP contribution in [0.1, 0.15) is 66.2 Å². The number of nitrogens with zero attached hydrogens (tertiary/aromatic N) is 1. The van der Waals surface area contributed by atoms with Gasteiger partial charge in [-0.25, -0.2) is 0 Å². The Labute approximate surface area is 152 Å². The highest BCUT2D eigenvalue weighted by Gasteiger charge is 2.32. The standard InChI is InChI=1S/C18H20BrNO3S/c1-3-11(2)24(22)10-13-8-14(19)6-7-15(13)18(21)16-9-23-20-17(16)12-4-5-12/h6-9,11-12H,3-5,10H2,1-2H3. The molecule has 1 saturated carbocycles. The van der Waals surface area contributed by atoms with Crippen molar-refractivity contribution in [2.24, 2.45) is 0 Å². The third kappa shape index (κ3) is 3.70. The van der Waals surface area contributed by atoms with Crippen molar-refractivity contribution >= 4 is 32.5 Å². The smallest absolute Gasteiger partial charge is 0.198 e. The van der Waals surface area contributed by atoms with Crippen LogP contribution >= 0.6 is 15.9 Å². The quantitative estimate of drug-likeness (QED) is 0.627. The van der Waals surface area contributed by atoms with Crippen molar-refractivity contribution in [1.82, 2.24) is 5.16 Å². The summed E-state index contributed by atoms with van der Waals surface area (Å²) in [6.45, 7) is 4.00. The van der Waals surface area contributed by atoms with Crippen LogP contribution in [0.25, 0.3) is 0 Å². The van der Waals surface area contributed by atoms with Crippen molar-refractivity contribution in [1.29, 1.82) is 0 Å². The van der Waals surface area contributed by atoms with Crippen LogP contribution in [0.5, 0.6) is 0 Å². The normalized spacial score (nSPS) is 16.8. The fourth-order valence-corrected chi connectivity index (χ4v) is 4.21. The SMILES string of the molecule is CCC(C)S(=O)Cc1cc(Br)ccc1C(=O)c1conc1C1CC1. The monoisotopic (exact) mass is 409 g/mol. The highest BCUT2D eigenvalue weighted by Crippen LogP contribution is 2.41. The first-order valence-corrected chi connectivity index (χ1v) is 10.3. The fourth-order valence-electron chi connectivity index (χ4n) is 2.60. The molecule has 0 N–H and O–H groups in total. The third-order valence-corrected chi connectivity index (χ3v) is 6.76. The average molecular weight is 410 g/mol. The minimum absolute atomic E-state index is 0.0956. The van der Waals surface area contributed by atoms with E-state index in [9.17, 15) is 9.00 Å². The van der Waals surface area contributed by atoms with Crippen LogP contribution in [-0.4, -0.2) is 20.4 Å². The second-order valence-electron chi connectivity index (χ2n) is 6.26. The zero-order valence-electron chi connectivity index (χ0n) is 13.8. The van der Waals surface area contributed by atoms with Crippen molar-refractivity contribution in [2.75, 3.05) is 0 Å². The molecule has 1 aliphatic carbocycles. The Hall–Kier alpha value is -1.27. The summed E-state index contributed by atoms with van der Waals surface area (Å²) < 4.78 is 18.4. The molecule has 0 spiro atoms. The van der Waals surface area contributed by atoms with Crippen molar-refractivity contribution in [3.63, 3.8) is 0 Å². The molecule has 2 atom stereocenters. The van der Waals surface area contributed by atoms with E-state index >= 15 is 0 Å². The van der Waals surface area contributed by atoms with E-state index in [1.165, 1.54) is 6.26 Å². The van der Waals surface area contributed by atoms with Crippen LogP contribution in [0.2, 0.25) is 0 Å². The number of hydrogen-bond donors (Lipinski definition) is 0. The molecule has 1 fully saturated rings. The van der Waals surface area contributed by atoms with Crippen LogP contribution in [0.3, 0.4) is 0 Å². The zero-order chi connectivity index (χ0) is 17.3. The summed E-state index contributed by atoms with van der Waals surface area (Å²) in [6, 6.07) is 5.52. The van der Waals surface area contributed by atoms with Gasteiger partial charge in [0.1, 0.15) is 6.26 Å². The van der Waals surface area contributed by atoms with E-state index in [2.05, 4.69) is 21.1 Å². The Bertz CT molecular complexity index is 782. The minimum atomic E-state index is -1.01. The van der Waals surface area contributed by atoms with Crippen LogP contribution in [0.15, 0.2) is 33.5 Å². The first-order chi connectivity index (χ1) is 11.5. The Kier molecular flexibility index (Phi) is 5.35.